The minimum absolute atomic E-state index is 0. The molecule has 6 aliphatic rings. The zero-order chi connectivity index (χ0) is 46.0. The van der Waals surface area contributed by atoms with Crippen molar-refractivity contribution in [2.24, 2.45) is 0 Å². The fourth-order valence-corrected chi connectivity index (χ4v) is 6.59. The average molecular weight is 933 g/mol. The number of aliphatic hydroxyl groups is 11. The molecule has 0 saturated carbocycles. The van der Waals surface area contributed by atoms with Crippen LogP contribution >= 0.6 is 0 Å². The van der Waals surface area contributed by atoms with Crippen LogP contribution in [-0.4, -0.2) is 257 Å². The number of esters is 1. The van der Waals surface area contributed by atoms with Crippen LogP contribution in [0.15, 0.2) is 0 Å². The minimum Gasteiger partial charge on any atom is -0.463 e. The molecule has 6 rings (SSSR count). The zero-order valence-corrected chi connectivity index (χ0v) is 37.0. The second kappa shape index (κ2) is 30.8. The van der Waals surface area contributed by atoms with Gasteiger partial charge in [0.05, 0.1) is 69.7 Å². The summed E-state index contributed by atoms with van der Waals surface area (Å²) in [6, 6.07) is 0. The lowest BCUT2D eigenvalue weighted by atomic mass is 9.96. The smallest absolute Gasteiger partial charge is 0.302 e. The molecule has 25 heteroatoms. The van der Waals surface area contributed by atoms with Crippen molar-refractivity contribution in [3.63, 3.8) is 0 Å². The summed E-state index contributed by atoms with van der Waals surface area (Å²) < 4.78 is 57.0. The molecule has 6 fully saturated rings. The highest BCUT2D eigenvalue weighted by molar-refractivity contribution is 5.65. The van der Waals surface area contributed by atoms with Crippen molar-refractivity contribution in [2.75, 3.05) is 67.6 Å². The standard InChI is InChI=1S/C16H28O10.C8H14O5.C6H12O4.C6H12O3.C2H6O.2H2O/c1-6-12(8(17)10(19)14(21-4)23-6)25-15-11(20)9(18)13-7(24-15)5-22-16(2,3)26-13;1-5(9)13-4-7-8(11)6(10)2-3-12-7;7-2-4-1-5(8)6(9)3-10-4;7-3-6-2-1-5(8)4-9-6;1-3-2;;/h6-15,17-20H,5H2,1-4H3;6-8,10-11H,2-4H2,1H3;4-9H,1-3H2;5-8H,1-4H2;1-2H3;2*1H2/t6?,7?,8-,9-,10?,11?,12+,13+,14+,15-;6-,7?,8-;4?,5-,6?;;;;/m001..../s1. The summed E-state index contributed by atoms with van der Waals surface area (Å²) in [5.74, 6) is -1.32. The largest absolute Gasteiger partial charge is 0.463 e. The van der Waals surface area contributed by atoms with Crippen LogP contribution in [0.25, 0.3) is 0 Å². The maximum absolute atomic E-state index is 10.5. The molecule has 15 N–H and O–H groups in total. The first-order chi connectivity index (χ1) is 28.7. The van der Waals surface area contributed by atoms with E-state index in [1.54, 1.807) is 35.0 Å². The van der Waals surface area contributed by atoms with E-state index < -0.39 is 104 Å². The van der Waals surface area contributed by atoms with Gasteiger partial charge in [0.1, 0.15) is 67.6 Å². The Labute approximate surface area is 366 Å². The third-order valence-corrected chi connectivity index (χ3v) is 10.1. The Morgan fingerprint density at radius 2 is 1.30 bits per heavy atom. The molecule has 0 aromatic rings. The first kappa shape index (κ1) is 61.5. The predicted molar refractivity (Wildman–Crippen MR) is 212 cm³/mol. The quantitative estimate of drug-likeness (QED) is 0.106. The number of hydrogen-bond acceptors (Lipinski definition) is 23. The maximum atomic E-state index is 10.5. The molecule has 6 heterocycles. The molecule has 0 aromatic carbocycles. The van der Waals surface area contributed by atoms with Crippen molar-refractivity contribution in [1.82, 2.24) is 0 Å². The summed E-state index contributed by atoms with van der Waals surface area (Å²) in [6.45, 7) is 7.33. The van der Waals surface area contributed by atoms with E-state index in [1.807, 2.05) is 0 Å². The molecule has 0 aromatic heterocycles. The number of hydrogen-bond donors (Lipinski definition) is 11. The molecule has 378 valence electrons. The van der Waals surface area contributed by atoms with Gasteiger partial charge in [-0.2, -0.15) is 0 Å². The van der Waals surface area contributed by atoms with Crippen LogP contribution in [0.4, 0.5) is 0 Å². The summed E-state index contributed by atoms with van der Waals surface area (Å²) in [6.07, 6.45) is -12.9. The number of rotatable bonds is 7. The summed E-state index contributed by atoms with van der Waals surface area (Å²) >= 11 is 0. The number of carbonyl (C=O) groups excluding carboxylic acids is 1. The summed E-state index contributed by atoms with van der Waals surface area (Å²) in [5.41, 5.74) is 0. The van der Waals surface area contributed by atoms with Crippen molar-refractivity contribution in [3.8, 4) is 0 Å². The van der Waals surface area contributed by atoms with Gasteiger partial charge < -0.3 is 119 Å². The molecule has 0 radical (unpaired) electrons. The van der Waals surface area contributed by atoms with E-state index in [2.05, 4.69) is 9.47 Å². The Balaban J connectivity index is 0.000000871. The second-order valence-electron chi connectivity index (χ2n) is 15.7. The van der Waals surface area contributed by atoms with Crippen LogP contribution in [-0.2, 0) is 56.9 Å². The number of ether oxygens (including phenoxy) is 11. The normalized spacial score (nSPS) is 40.5. The van der Waals surface area contributed by atoms with Gasteiger partial charge in [0.15, 0.2) is 18.4 Å². The van der Waals surface area contributed by atoms with Gasteiger partial charge in [0.25, 0.3) is 0 Å². The molecule has 6 saturated heterocycles. The van der Waals surface area contributed by atoms with E-state index in [1.165, 1.54) is 14.0 Å². The van der Waals surface area contributed by atoms with Gasteiger partial charge in [-0.1, -0.05) is 0 Å². The highest BCUT2D eigenvalue weighted by Crippen LogP contribution is 2.34. The van der Waals surface area contributed by atoms with Gasteiger partial charge in [-0.05, 0) is 40.0 Å². The lowest BCUT2D eigenvalue weighted by Gasteiger charge is -2.50. The first-order valence-corrected chi connectivity index (χ1v) is 20.3. The molecule has 18 atom stereocenters. The Kier molecular flexibility index (Phi) is 30.1. The predicted octanol–water partition coefficient (Wildman–Crippen LogP) is -6.24. The Morgan fingerprint density at radius 1 is 0.698 bits per heavy atom. The third-order valence-electron chi connectivity index (χ3n) is 10.1. The van der Waals surface area contributed by atoms with Crippen molar-refractivity contribution in [2.45, 2.75) is 169 Å². The lowest BCUT2D eigenvalue weighted by molar-refractivity contribution is -0.397. The summed E-state index contributed by atoms with van der Waals surface area (Å²) in [5, 5.41) is 104. The van der Waals surface area contributed by atoms with E-state index in [4.69, 9.17) is 68.2 Å². The fraction of sp³-hybridized carbons (Fsp3) is 0.974. The lowest BCUT2D eigenvalue weighted by Crippen LogP contribution is -2.66. The summed E-state index contributed by atoms with van der Waals surface area (Å²) in [4.78, 5) is 10.5. The van der Waals surface area contributed by atoms with E-state index in [-0.39, 0.29) is 62.3 Å². The van der Waals surface area contributed by atoms with Crippen molar-refractivity contribution < 1.29 is 124 Å². The van der Waals surface area contributed by atoms with Crippen LogP contribution in [0, 0.1) is 0 Å². The molecule has 6 aliphatic heterocycles. The van der Waals surface area contributed by atoms with Crippen LogP contribution in [0.3, 0.4) is 0 Å². The summed E-state index contributed by atoms with van der Waals surface area (Å²) in [7, 11) is 4.60. The van der Waals surface area contributed by atoms with Gasteiger partial charge in [0.2, 0.25) is 0 Å². The molecule has 63 heavy (non-hydrogen) atoms. The average Bonchev–Trinajstić information content (AvgIpc) is 3.22. The molecular weight excluding hydrogens is 856 g/mol. The Morgan fingerprint density at radius 3 is 1.84 bits per heavy atom. The van der Waals surface area contributed by atoms with E-state index >= 15 is 0 Å². The van der Waals surface area contributed by atoms with Gasteiger partial charge in [0, 0.05) is 41.3 Å². The van der Waals surface area contributed by atoms with Crippen LogP contribution < -0.4 is 0 Å². The highest BCUT2D eigenvalue weighted by atomic mass is 16.8. The van der Waals surface area contributed by atoms with Crippen LogP contribution in [0.5, 0.6) is 0 Å². The number of aliphatic hydroxyl groups excluding tert-OH is 11. The van der Waals surface area contributed by atoms with E-state index in [0.717, 1.165) is 12.8 Å². The molecule has 0 bridgehead atoms. The SMILES string of the molecule is CC(=O)OCC1OCC[C@H](O)[C@@H]1O.COC.CO[C@@H]1OC(C)[C@@H](O[C@@H]2OC3COC(C)(C)O[C@H]3[C@@H](O)C2O)[C@@H](O)C1O.O.O.OCC1CCC(O)CO1.OCC1C[C@@H](O)C(O)CO1. The van der Waals surface area contributed by atoms with Gasteiger partial charge >= 0.3 is 5.97 Å². The Bertz CT molecular complexity index is 1180. The Hall–Kier alpha value is -1.45. The van der Waals surface area contributed by atoms with Gasteiger partial charge in [-0.25, -0.2) is 0 Å². The van der Waals surface area contributed by atoms with Crippen LogP contribution in [0.1, 0.15) is 53.4 Å². The highest BCUT2D eigenvalue weighted by Gasteiger charge is 2.53. The third kappa shape index (κ3) is 20.1. The molecule has 0 amide bonds. The number of fused-ring (bicyclic) bond motifs is 1. The van der Waals surface area contributed by atoms with E-state index in [0.29, 0.717) is 26.1 Å². The fourth-order valence-electron chi connectivity index (χ4n) is 6.59. The van der Waals surface area contributed by atoms with Gasteiger partial charge in [-0.15, -0.1) is 0 Å². The minimum atomic E-state index is -1.41. The van der Waals surface area contributed by atoms with Crippen molar-refractivity contribution >= 4 is 5.97 Å². The topological polar surface area (TPSA) is 404 Å². The number of carbonyl (C=O) groups is 1. The molecular formula is C38H76O25. The second-order valence-corrected chi connectivity index (χ2v) is 15.7. The first-order valence-electron chi connectivity index (χ1n) is 20.3. The monoisotopic (exact) mass is 932 g/mol. The molecule has 25 nitrogen and oxygen atoms in total. The van der Waals surface area contributed by atoms with Crippen molar-refractivity contribution in [3.05, 3.63) is 0 Å². The maximum Gasteiger partial charge on any atom is 0.302 e. The van der Waals surface area contributed by atoms with Crippen LogP contribution in [0.2, 0.25) is 0 Å². The molecule has 0 spiro atoms. The number of methoxy groups -OCH3 is 2. The zero-order valence-electron chi connectivity index (χ0n) is 37.0. The molecule has 0 aliphatic carbocycles. The van der Waals surface area contributed by atoms with E-state index in [9.17, 15) is 35.4 Å². The van der Waals surface area contributed by atoms with Gasteiger partial charge in [-0.3, -0.25) is 4.79 Å². The molecule has 9 unspecified atom stereocenters. The van der Waals surface area contributed by atoms with Crippen molar-refractivity contribution in [1.29, 1.82) is 0 Å².